The van der Waals surface area contributed by atoms with Crippen LogP contribution >= 0.6 is 0 Å². The minimum atomic E-state index is -0.271. The van der Waals surface area contributed by atoms with Gasteiger partial charge in [-0.1, -0.05) is 25.0 Å². The fraction of sp³-hybridized carbons (Fsp3) is 0.429. The quantitative estimate of drug-likeness (QED) is 0.850. The van der Waals surface area contributed by atoms with Gasteiger partial charge in [-0.3, -0.25) is 4.98 Å². The molecule has 18 heavy (non-hydrogen) atoms. The number of para-hydroxylation sites is 2. The molecule has 4 heteroatoms. The number of rotatable bonds is 2. The molecule has 4 nitrogen and oxygen atoms in total. The highest BCUT2D eigenvalue weighted by atomic mass is 16.3. The molecule has 0 saturated heterocycles. The van der Waals surface area contributed by atoms with E-state index in [1.165, 1.54) is 0 Å². The number of aromatic nitrogens is 2. The molecule has 3 rings (SSSR count). The Kier molecular flexibility index (Phi) is 3.11. The molecule has 1 fully saturated rings. The maximum atomic E-state index is 9.93. The number of nitrogens with one attached hydrogen (secondary N) is 1. The number of hydrogen-bond acceptors (Lipinski definition) is 4. The number of aliphatic hydroxyl groups is 1. The first kappa shape index (κ1) is 11.4. The highest BCUT2D eigenvalue weighted by Gasteiger charge is 2.23. The zero-order chi connectivity index (χ0) is 12.4. The van der Waals surface area contributed by atoms with Crippen molar-refractivity contribution in [3.8, 4) is 0 Å². The number of benzene rings is 1. The van der Waals surface area contributed by atoms with E-state index in [-0.39, 0.29) is 12.1 Å². The second-order valence-electron chi connectivity index (χ2n) is 4.85. The molecular formula is C14H17N3O. The third kappa shape index (κ3) is 2.29. The van der Waals surface area contributed by atoms with Gasteiger partial charge in [0.1, 0.15) is 5.82 Å². The molecule has 94 valence electrons. The molecule has 2 N–H and O–H groups in total. The van der Waals surface area contributed by atoms with Gasteiger partial charge in [0.2, 0.25) is 0 Å². The summed E-state index contributed by atoms with van der Waals surface area (Å²) in [6, 6.07) is 7.91. The van der Waals surface area contributed by atoms with Crippen LogP contribution in [0.25, 0.3) is 11.0 Å². The summed E-state index contributed by atoms with van der Waals surface area (Å²) in [5.41, 5.74) is 1.78. The van der Waals surface area contributed by atoms with Crippen molar-refractivity contribution in [2.24, 2.45) is 0 Å². The van der Waals surface area contributed by atoms with Gasteiger partial charge in [0, 0.05) is 0 Å². The number of nitrogens with zero attached hydrogens (tertiary/aromatic N) is 2. The monoisotopic (exact) mass is 243 g/mol. The zero-order valence-corrected chi connectivity index (χ0v) is 10.2. The fourth-order valence-corrected chi connectivity index (χ4v) is 2.50. The van der Waals surface area contributed by atoms with Crippen molar-refractivity contribution < 1.29 is 5.11 Å². The van der Waals surface area contributed by atoms with Crippen LogP contribution in [0.2, 0.25) is 0 Å². The summed E-state index contributed by atoms with van der Waals surface area (Å²) in [5.74, 6) is 0.750. The fourth-order valence-electron chi connectivity index (χ4n) is 2.50. The summed E-state index contributed by atoms with van der Waals surface area (Å²) >= 11 is 0. The SMILES string of the molecule is O[C@@H]1CCCC[C@H]1Nc1cnc2ccccc2n1. The molecule has 2 aromatic rings. The average Bonchev–Trinajstić information content (AvgIpc) is 2.41. The summed E-state index contributed by atoms with van der Waals surface area (Å²) in [5, 5.41) is 13.2. The molecule has 0 bridgehead atoms. The lowest BCUT2D eigenvalue weighted by Crippen LogP contribution is -2.36. The average molecular weight is 243 g/mol. The zero-order valence-electron chi connectivity index (χ0n) is 10.2. The van der Waals surface area contributed by atoms with E-state index in [1.54, 1.807) is 6.20 Å². The Morgan fingerprint density at radius 1 is 1.11 bits per heavy atom. The van der Waals surface area contributed by atoms with Crippen LogP contribution in [0.3, 0.4) is 0 Å². The third-order valence-electron chi connectivity index (χ3n) is 3.51. The van der Waals surface area contributed by atoms with Gasteiger partial charge in [-0.25, -0.2) is 4.98 Å². The van der Waals surface area contributed by atoms with Crippen LogP contribution in [0.15, 0.2) is 30.5 Å². The van der Waals surface area contributed by atoms with Crippen LogP contribution in [-0.4, -0.2) is 27.2 Å². The molecule has 1 heterocycles. The normalized spacial score (nSPS) is 24.1. The topological polar surface area (TPSA) is 58.0 Å². The van der Waals surface area contributed by atoms with Gasteiger partial charge >= 0.3 is 0 Å². The van der Waals surface area contributed by atoms with Gasteiger partial charge < -0.3 is 10.4 Å². The second kappa shape index (κ2) is 4.90. The molecule has 0 amide bonds. The van der Waals surface area contributed by atoms with E-state index in [0.29, 0.717) is 0 Å². The largest absolute Gasteiger partial charge is 0.391 e. The van der Waals surface area contributed by atoms with Crippen molar-refractivity contribution in [3.05, 3.63) is 30.5 Å². The molecule has 1 aliphatic carbocycles. The Hall–Kier alpha value is -1.68. The highest BCUT2D eigenvalue weighted by molar-refractivity contribution is 5.75. The van der Waals surface area contributed by atoms with E-state index >= 15 is 0 Å². The van der Waals surface area contributed by atoms with Crippen molar-refractivity contribution in [1.82, 2.24) is 9.97 Å². The summed E-state index contributed by atoms with van der Waals surface area (Å²) in [4.78, 5) is 8.88. The van der Waals surface area contributed by atoms with E-state index in [4.69, 9.17) is 0 Å². The van der Waals surface area contributed by atoms with Crippen LogP contribution in [0.1, 0.15) is 25.7 Å². The first-order valence-electron chi connectivity index (χ1n) is 6.49. The predicted octanol–water partition coefficient (Wildman–Crippen LogP) is 2.35. The standard InChI is InChI=1S/C14H17N3O/c18-13-8-4-3-7-12(13)17-14-9-15-10-5-1-2-6-11(10)16-14/h1-2,5-6,9,12-13,18H,3-4,7-8H2,(H,16,17)/t12-,13-/m1/s1. The van der Waals surface area contributed by atoms with Crippen molar-refractivity contribution >= 4 is 16.9 Å². The maximum Gasteiger partial charge on any atom is 0.145 e. The number of fused-ring (bicyclic) bond motifs is 1. The van der Waals surface area contributed by atoms with Crippen molar-refractivity contribution in [3.63, 3.8) is 0 Å². The van der Waals surface area contributed by atoms with Crippen LogP contribution < -0.4 is 5.32 Å². The molecule has 2 atom stereocenters. The lowest BCUT2D eigenvalue weighted by Gasteiger charge is -2.28. The van der Waals surface area contributed by atoms with Gasteiger partial charge in [-0.15, -0.1) is 0 Å². The molecule has 1 aromatic carbocycles. The van der Waals surface area contributed by atoms with Gasteiger partial charge in [0.25, 0.3) is 0 Å². The van der Waals surface area contributed by atoms with E-state index in [1.807, 2.05) is 24.3 Å². The van der Waals surface area contributed by atoms with Crippen LogP contribution in [0, 0.1) is 0 Å². The molecule has 0 unspecified atom stereocenters. The van der Waals surface area contributed by atoms with Gasteiger partial charge in [-0.05, 0) is 25.0 Å². The van der Waals surface area contributed by atoms with Gasteiger partial charge in [-0.2, -0.15) is 0 Å². The molecule has 0 spiro atoms. The lowest BCUT2D eigenvalue weighted by molar-refractivity contribution is 0.116. The van der Waals surface area contributed by atoms with Gasteiger partial charge in [0.15, 0.2) is 0 Å². The van der Waals surface area contributed by atoms with Gasteiger partial charge in [0.05, 0.1) is 29.4 Å². The first-order valence-corrected chi connectivity index (χ1v) is 6.49. The first-order chi connectivity index (χ1) is 8.83. The second-order valence-corrected chi connectivity index (χ2v) is 4.85. The lowest BCUT2D eigenvalue weighted by atomic mass is 9.93. The summed E-state index contributed by atoms with van der Waals surface area (Å²) in [6.07, 6.45) is 5.61. The summed E-state index contributed by atoms with van der Waals surface area (Å²) in [6.45, 7) is 0. The third-order valence-corrected chi connectivity index (χ3v) is 3.51. The highest BCUT2D eigenvalue weighted by Crippen LogP contribution is 2.22. The maximum absolute atomic E-state index is 9.93. The van der Waals surface area contributed by atoms with Crippen LogP contribution in [0.5, 0.6) is 0 Å². The Morgan fingerprint density at radius 2 is 1.89 bits per heavy atom. The number of hydrogen-bond donors (Lipinski definition) is 2. The van der Waals surface area contributed by atoms with E-state index in [2.05, 4.69) is 15.3 Å². The molecular weight excluding hydrogens is 226 g/mol. The van der Waals surface area contributed by atoms with Crippen molar-refractivity contribution in [1.29, 1.82) is 0 Å². The molecule has 0 aliphatic heterocycles. The minimum absolute atomic E-state index is 0.106. The molecule has 1 saturated carbocycles. The molecule has 1 aromatic heterocycles. The van der Waals surface area contributed by atoms with Crippen molar-refractivity contribution in [2.45, 2.75) is 37.8 Å². The minimum Gasteiger partial charge on any atom is -0.391 e. The number of anilines is 1. The Labute approximate surface area is 106 Å². The summed E-state index contributed by atoms with van der Waals surface area (Å²) < 4.78 is 0. The molecule has 0 radical (unpaired) electrons. The van der Waals surface area contributed by atoms with Crippen LogP contribution in [0.4, 0.5) is 5.82 Å². The Balaban J connectivity index is 1.81. The van der Waals surface area contributed by atoms with Crippen molar-refractivity contribution in [2.75, 3.05) is 5.32 Å². The molecule has 1 aliphatic rings. The Bertz CT molecular complexity index is 543. The van der Waals surface area contributed by atoms with E-state index in [0.717, 1.165) is 42.5 Å². The van der Waals surface area contributed by atoms with E-state index in [9.17, 15) is 5.11 Å². The number of aliphatic hydroxyl groups excluding tert-OH is 1. The predicted molar refractivity (Wildman–Crippen MR) is 71.4 cm³/mol. The smallest absolute Gasteiger partial charge is 0.145 e. The van der Waals surface area contributed by atoms with E-state index < -0.39 is 0 Å². The Morgan fingerprint density at radius 3 is 2.72 bits per heavy atom. The van der Waals surface area contributed by atoms with Crippen LogP contribution in [-0.2, 0) is 0 Å². The summed E-state index contributed by atoms with van der Waals surface area (Å²) in [7, 11) is 0.